The molecule has 2 heterocycles. The molecule has 3 heteroatoms. The van der Waals surface area contributed by atoms with Crippen LogP contribution in [0, 0.1) is 0 Å². The monoisotopic (exact) mass is 728 g/mol. The second-order valence-electron chi connectivity index (χ2n) is 14.5. The first-order chi connectivity index (χ1) is 28.3. The molecule has 0 unspecified atom stereocenters. The van der Waals surface area contributed by atoms with Crippen molar-refractivity contribution in [2.24, 2.45) is 0 Å². The maximum absolute atomic E-state index is 6.36. The van der Waals surface area contributed by atoms with Crippen LogP contribution in [0.2, 0.25) is 0 Å². The minimum atomic E-state index is 0.870. The summed E-state index contributed by atoms with van der Waals surface area (Å²) < 4.78 is 8.77. The van der Waals surface area contributed by atoms with E-state index in [1.54, 1.807) is 0 Å². The highest BCUT2D eigenvalue weighted by Gasteiger charge is 2.20. The average molecular weight is 729 g/mol. The zero-order chi connectivity index (χ0) is 37.7. The van der Waals surface area contributed by atoms with Crippen LogP contribution in [0.1, 0.15) is 0 Å². The number of hydrogen-bond donors (Lipinski definition) is 0. The molecule has 0 atom stereocenters. The highest BCUT2D eigenvalue weighted by molar-refractivity contribution is 6.13. The average Bonchev–Trinajstić information content (AvgIpc) is 3.84. The van der Waals surface area contributed by atoms with Crippen molar-refractivity contribution in [3.05, 3.63) is 218 Å². The third-order valence-corrected chi connectivity index (χ3v) is 11.2. The Balaban J connectivity index is 1.01. The largest absolute Gasteiger partial charge is 0.456 e. The zero-order valence-electron chi connectivity index (χ0n) is 31.1. The lowest BCUT2D eigenvalue weighted by molar-refractivity contribution is 0.669. The molecule has 0 radical (unpaired) electrons. The molecule has 0 N–H and O–H groups in total. The molecular formula is C54H36N2O. The van der Waals surface area contributed by atoms with Crippen LogP contribution in [0.4, 0.5) is 17.1 Å². The number of nitrogens with zero attached hydrogens (tertiary/aromatic N) is 2. The van der Waals surface area contributed by atoms with Crippen LogP contribution in [-0.4, -0.2) is 4.57 Å². The molecule has 2 aromatic heterocycles. The summed E-state index contributed by atoms with van der Waals surface area (Å²) in [6.45, 7) is 0. The summed E-state index contributed by atoms with van der Waals surface area (Å²) in [4.78, 5) is 2.35. The van der Waals surface area contributed by atoms with Crippen molar-refractivity contribution < 1.29 is 4.42 Å². The highest BCUT2D eigenvalue weighted by Crippen LogP contribution is 2.44. The second kappa shape index (κ2) is 13.6. The van der Waals surface area contributed by atoms with Gasteiger partial charge in [0.2, 0.25) is 0 Å². The topological polar surface area (TPSA) is 21.3 Å². The predicted molar refractivity (Wildman–Crippen MR) is 239 cm³/mol. The molecule has 0 bridgehead atoms. The molecular weight excluding hydrogens is 693 g/mol. The molecule has 0 saturated carbocycles. The van der Waals surface area contributed by atoms with Crippen LogP contribution < -0.4 is 4.90 Å². The summed E-state index contributed by atoms with van der Waals surface area (Å²) in [6, 6.07) is 78.1. The van der Waals surface area contributed by atoms with Crippen LogP contribution in [0.5, 0.6) is 0 Å². The van der Waals surface area contributed by atoms with Gasteiger partial charge in [-0.15, -0.1) is 0 Å². The van der Waals surface area contributed by atoms with Crippen molar-refractivity contribution in [1.29, 1.82) is 0 Å². The van der Waals surface area contributed by atoms with Crippen LogP contribution in [0.3, 0.4) is 0 Å². The third-order valence-electron chi connectivity index (χ3n) is 11.2. The third kappa shape index (κ3) is 5.60. The van der Waals surface area contributed by atoms with Crippen molar-refractivity contribution in [3.63, 3.8) is 0 Å². The highest BCUT2D eigenvalue weighted by atomic mass is 16.3. The van der Waals surface area contributed by atoms with Gasteiger partial charge in [-0.1, -0.05) is 152 Å². The van der Waals surface area contributed by atoms with E-state index in [9.17, 15) is 0 Å². The van der Waals surface area contributed by atoms with E-state index in [1.165, 1.54) is 44.1 Å². The Hall–Kier alpha value is -7.62. The van der Waals surface area contributed by atoms with E-state index < -0.39 is 0 Å². The number of furan rings is 1. The summed E-state index contributed by atoms with van der Waals surface area (Å²) in [5, 5.41) is 4.72. The van der Waals surface area contributed by atoms with Crippen molar-refractivity contribution in [3.8, 4) is 39.1 Å². The Morgan fingerprint density at radius 3 is 1.58 bits per heavy atom. The molecule has 11 rings (SSSR count). The number of para-hydroxylation sites is 4. The van der Waals surface area contributed by atoms with E-state index in [-0.39, 0.29) is 0 Å². The van der Waals surface area contributed by atoms with E-state index in [2.05, 4.69) is 216 Å². The van der Waals surface area contributed by atoms with Crippen LogP contribution in [0.25, 0.3) is 82.8 Å². The van der Waals surface area contributed by atoms with Gasteiger partial charge >= 0.3 is 0 Å². The first-order valence-electron chi connectivity index (χ1n) is 19.4. The van der Waals surface area contributed by atoms with Crippen LogP contribution in [0.15, 0.2) is 223 Å². The summed E-state index contributed by atoms with van der Waals surface area (Å²) in [5.41, 5.74) is 15.6. The van der Waals surface area contributed by atoms with Gasteiger partial charge in [-0.05, 0) is 94.5 Å². The van der Waals surface area contributed by atoms with Gasteiger partial charge in [0, 0.05) is 33.1 Å². The quantitative estimate of drug-likeness (QED) is 0.163. The minimum Gasteiger partial charge on any atom is -0.456 e. The Morgan fingerprint density at radius 2 is 0.860 bits per heavy atom. The van der Waals surface area contributed by atoms with Crippen LogP contribution in [-0.2, 0) is 0 Å². The van der Waals surface area contributed by atoms with Gasteiger partial charge in [0.1, 0.15) is 11.2 Å². The Labute approximate surface area is 330 Å². The van der Waals surface area contributed by atoms with Gasteiger partial charge in [0.15, 0.2) is 0 Å². The lowest BCUT2D eigenvalue weighted by atomic mass is 9.97. The summed E-state index contributed by atoms with van der Waals surface area (Å²) in [7, 11) is 0. The van der Waals surface area contributed by atoms with Gasteiger partial charge in [-0.25, -0.2) is 0 Å². The molecule has 0 fully saturated rings. The number of rotatable bonds is 7. The lowest BCUT2D eigenvalue weighted by Crippen LogP contribution is -2.10. The molecule has 57 heavy (non-hydrogen) atoms. The van der Waals surface area contributed by atoms with E-state index >= 15 is 0 Å². The van der Waals surface area contributed by atoms with Crippen molar-refractivity contribution in [2.45, 2.75) is 0 Å². The maximum Gasteiger partial charge on any atom is 0.137 e. The Bertz CT molecular complexity index is 3170. The number of aromatic nitrogens is 1. The Morgan fingerprint density at radius 1 is 0.351 bits per heavy atom. The zero-order valence-corrected chi connectivity index (χ0v) is 31.1. The van der Waals surface area contributed by atoms with Gasteiger partial charge in [0.25, 0.3) is 0 Å². The number of hydrogen-bond acceptors (Lipinski definition) is 2. The van der Waals surface area contributed by atoms with E-state index in [1.807, 2.05) is 12.1 Å². The maximum atomic E-state index is 6.36. The SMILES string of the molecule is c1ccc(-c2ccc(N(c3ccc(-c4cccc(-c5ccccc5-n5c6ccccc6c6ccccc65)c4)cc3)c3cccc4oc5ccccc5c34)cc2)cc1. The second-order valence-corrected chi connectivity index (χ2v) is 14.5. The first-order valence-corrected chi connectivity index (χ1v) is 19.4. The van der Waals surface area contributed by atoms with Gasteiger partial charge in [-0.3, -0.25) is 0 Å². The molecule has 0 aliphatic rings. The number of fused-ring (bicyclic) bond motifs is 6. The fraction of sp³-hybridized carbons (Fsp3) is 0. The van der Waals surface area contributed by atoms with Gasteiger partial charge in [-0.2, -0.15) is 0 Å². The number of anilines is 3. The molecule has 11 aromatic rings. The smallest absolute Gasteiger partial charge is 0.137 e. The molecule has 3 nitrogen and oxygen atoms in total. The molecule has 0 aliphatic heterocycles. The fourth-order valence-corrected chi connectivity index (χ4v) is 8.57. The molecule has 0 spiro atoms. The van der Waals surface area contributed by atoms with Crippen molar-refractivity contribution in [1.82, 2.24) is 4.57 Å². The standard InChI is InChI=1S/C54H36N2O/c1-2-14-37(15-3-1)38-28-32-42(33-29-38)55(51-25-13-27-53-54(51)47-21-7-11-26-52(47)57-53)43-34-30-39(31-35-43)40-16-12-17-41(36-40)44-18-4-8-22-48(44)56-49-23-9-5-19-45(49)46-20-6-10-24-50(46)56/h1-36H. The predicted octanol–water partition coefficient (Wildman–Crippen LogP) is 15.2. The molecule has 268 valence electrons. The summed E-state index contributed by atoms with van der Waals surface area (Å²) in [5.74, 6) is 0. The first kappa shape index (κ1) is 32.8. The molecule has 0 saturated heterocycles. The van der Waals surface area contributed by atoms with E-state index in [0.29, 0.717) is 0 Å². The fourth-order valence-electron chi connectivity index (χ4n) is 8.57. The molecule has 0 amide bonds. The molecule has 0 aliphatic carbocycles. The van der Waals surface area contributed by atoms with Crippen LogP contribution >= 0.6 is 0 Å². The minimum absolute atomic E-state index is 0.870. The van der Waals surface area contributed by atoms with Gasteiger partial charge < -0.3 is 13.9 Å². The number of benzene rings is 9. The summed E-state index contributed by atoms with van der Waals surface area (Å²) >= 11 is 0. The normalized spacial score (nSPS) is 11.5. The molecule has 9 aromatic carbocycles. The van der Waals surface area contributed by atoms with E-state index in [0.717, 1.165) is 55.8 Å². The van der Waals surface area contributed by atoms with Crippen molar-refractivity contribution in [2.75, 3.05) is 4.90 Å². The lowest BCUT2D eigenvalue weighted by Gasteiger charge is -2.26. The Kier molecular flexibility index (Phi) is 7.82. The van der Waals surface area contributed by atoms with Gasteiger partial charge in [0.05, 0.1) is 27.8 Å². The van der Waals surface area contributed by atoms with E-state index in [4.69, 9.17) is 4.42 Å². The van der Waals surface area contributed by atoms with Crippen molar-refractivity contribution >= 4 is 60.8 Å². The summed E-state index contributed by atoms with van der Waals surface area (Å²) in [6.07, 6.45) is 0.